The Hall–Kier alpha value is -2.08. The molecule has 6 heteroatoms. The largest absolute Gasteiger partial charge is 0.508 e. The molecule has 0 aliphatic carbocycles. The average molecular weight is 265 g/mol. The molecule has 6 nitrogen and oxygen atoms in total. The number of carbonyl (C=O) groups is 2. The van der Waals surface area contributed by atoms with Gasteiger partial charge >= 0.3 is 0 Å². The fourth-order valence-electron chi connectivity index (χ4n) is 1.65. The van der Waals surface area contributed by atoms with Crippen LogP contribution in [0.1, 0.15) is 12.0 Å². The summed E-state index contributed by atoms with van der Waals surface area (Å²) in [4.78, 5) is 23.2. The molecule has 2 amide bonds. The van der Waals surface area contributed by atoms with E-state index in [1.54, 1.807) is 12.1 Å². The number of phenols is 1. The number of hydrogen-bond donors (Lipinski definition) is 4. The molecule has 0 saturated heterocycles. The van der Waals surface area contributed by atoms with Gasteiger partial charge in [0.2, 0.25) is 11.8 Å². The van der Waals surface area contributed by atoms with Gasteiger partial charge < -0.3 is 21.5 Å². The van der Waals surface area contributed by atoms with Gasteiger partial charge in [-0.25, -0.2) is 0 Å². The van der Waals surface area contributed by atoms with Gasteiger partial charge in [-0.05, 0) is 17.7 Å². The highest BCUT2D eigenvalue weighted by Gasteiger charge is 2.19. The van der Waals surface area contributed by atoms with E-state index in [-0.39, 0.29) is 30.5 Å². The van der Waals surface area contributed by atoms with Crippen molar-refractivity contribution in [1.82, 2.24) is 10.6 Å². The predicted octanol–water partition coefficient (Wildman–Crippen LogP) is -0.486. The van der Waals surface area contributed by atoms with Crippen LogP contribution in [0.25, 0.3) is 0 Å². The normalized spacial score (nSPS) is 11.7. The van der Waals surface area contributed by atoms with E-state index in [0.717, 1.165) is 5.56 Å². The zero-order chi connectivity index (χ0) is 14.3. The summed E-state index contributed by atoms with van der Waals surface area (Å²) in [6.45, 7) is 0.242. The molecule has 0 spiro atoms. The molecule has 19 heavy (non-hydrogen) atoms. The molecular weight excluding hydrogens is 246 g/mol. The first kappa shape index (κ1) is 15.0. The van der Waals surface area contributed by atoms with Gasteiger partial charge in [-0.1, -0.05) is 12.1 Å². The molecule has 0 radical (unpaired) electrons. The zero-order valence-corrected chi connectivity index (χ0v) is 10.8. The lowest BCUT2D eigenvalue weighted by Gasteiger charge is -2.17. The lowest BCUT2D eigenvalue weighted by Crippen LogP contribution is -2.47. The van der Waals surface area contributed by atoms with Gasteiger partial charge in [0.1, 0.15) is 11.8 Å². The molecule has 1 unspecified atom stereocenters. The number of amides is 2. The summed E-state index contributed by atoms with van der Waals surface area (Å²) in [5, 5.41) is 14.3. The number of aromatic hydroxyl groups is 1. The fraction of sp³-hybridized carbons (Fsp3) is 0.385. The van der Waals surface area contributed by atoms with Crippen molar-refractivity contribution in [3.05, 3.63) is 29.8 Å². The molecule has 0 aliphatic rings. The molecule has 5 N–H and O–H groups in total. The maximum Gasteiger partial charge on any atom is 0.242 e. The summed E-state index contributed by atoms with van der Waals surface area (Å²) in [6, 6.07) is 5.85. The summed E-state index contributed by atoms with van der Waals surface area (Å²) < 4.78 is 0. The van der Waals surface area contributed by atoms with Crippen LogP contribution in [0.15, 0.2) is 24.3 Å². The van der Waals surface area contributed by atoms with Crippen LogP contribution in [0.2, 0.25) is 0 Å². The number of rotatable bonds is 6. The molecule has 1 rings (SSSR count). The van der Waals surface area contributed by atoms with Crippen molar-refractivity contribution >= 4 is 11.8 Å². The second-order valence-corrected chi connectivity index (χ2v) is 4.14. The van der Waals surface area contributed by atoms with E-state index in [9.17, 15) is 14.7 Å². The number of phenolic OH excluding ortho intramolecular Hbond substituents is 1. The highest BCUT2D eigenvalue weighted by Crippen LogP contribution is 2.11. The smallest absolute Gasteiger partial charge is 0.242 e. The third-order valence-corrected chi connectivity index (χ3v) is 2.65. The highest BCUT2D eigenvalue weighted by atomic mass is 16.3. The average Bonchev–Trinajstić information content (AvgIpc) is 2.40. The molecular formula is C13H19N3O3. The minimum atomic E-state index is -0.645. The molecule has 1 atom stereocenters. The van der Waals surface area contributed by atoms with E-state index in [2.05, 4.69) is 10.6 Å². The molecule has 0 fully saturated rings. The van der Waals surface area contributed by atoms with Crippen molar-refractivity contribution in [1.29, 1.82) is 0 Å². The van der Waals surface area contributed by atoms with Gasteiger partial charge in [-0.15, -0.1) is 0 Å². The number of benzene rings is 1. The van der Waals surface area contributed by atoms with Gasteiger partial charge in [0.25, 0.3) is 0 Å². The quantitative estimate of drug-likeness (QED) is 0.557. The van der Waals surface area contributed by atoms with Crippen molar-refractivity contribution in [3.8, 4) is 5.75 Å². The van der Waals surface area contributed by atoms with Crippen molar-refractivity contribution in [2.24, 2.45) is 5.73 Å². The van der Waals surface area contributed by atoms with E-state index in [0.29, 0.717) is 6.42 Å². The van der Waals surface area contributed by atoms with Crippen LogP contribution in [-0.2, 0) is 16.0 Å². The van der Waals surface area contributed by atoms with Gasteiger partial charge in [-0.3, -0.25) is 9.59 Å². The number of likely N-dealkylation sites (N-methyl/N-ethyl adjacent to an activating group) is 1. The first-order valence-electron chi connectivity index (χ1n) is 6.05. The van der Waals surface area contributed by atoms with Crippen LogP contribution in [0, 0.1) is 0 Å². The topological polar surface area (TPSA) is 104 Å². The Labute approximate surface area is 112 Å². The second kappa shape index (κ2) is 7.38. The number of carbonyl (C=O) groups excluding carboxylic acids is 2. The number of nitrogens with two attached hydrogens (primary N) is 1. The van der Waals surface area contributed by atoms with Crippen LogP contribution in [0.3, 0.4) is 0 Å². The van der Waals surface area contributed by atoms with Gasteiger partial charge in [0, 0.05) is 26.4 Å². The predicted molar refractivity (Wildman–Crippen MR) is 71.5 cm³/mol. The van der Waals surface area contributed by atoms with E-state index in [1.807, 2.05) is 0 Å². The summed E-state index contributed by atoms with van der Waals surface area (Å²) >= 11 is 0. The Morgan fingerprint density at radius 2 is 1.95 bits per heavy atom. The van der Waals surface area contributed by atoms with Crippen LogP contribution >= 0.6 is 0 Å². The van der Waals surface area contributed by atoms with E-state index in [1.165, 1.54) is 19.2 Å². The Balaban J connectivity index is 2.71. The molecule has 1 aromatic carbocycles. The monoisotopic (exact) mass is 265 g/mol. The lowest BCUT2D eigenvalue weighted by atomic mass is 10.0. The van der Waals surface area contributed by atoms with E-state index < -0.39 is 6.04 Å². The van der Waals surface area contributed by atoms with Crippen LogP contribution in [0.4, 0.5) is 0 Å². The summed E-state index contributed by atoms with van der Waals surface area (Å²) in [7, 11) is 1.52. The molecule has 0 saturated carbocycles. The molecule has 104 valence electrons. The Kier molecular flexibility index (Phi) is 5.81. The first-order valence-corrected chi connectivity index (χ1v) is 6.05. The maximum absolute atomic E-state index is 11.7. The zero-order valence-electron chi connectivity index (χ0n) is 10.8. The lowest BCUT2D eigenvalue weighted by molar-refractivity contribution is -0.128. The third kappa shape index (κ3) is 4.97. The van der Waals surface area contributed by atoms with Crippen molar-refractivity contribution < 1.29 is 14.7 Å². The standard InChI is InChI=1S/C13H19N3O3/c1-15-13(19)11(16-12(18)6-7-14)8-9-2-4-10(17)5-3-9/h2-5,11,17H,6-8,14H2,1H3,(H,15,19)(H,16,18). The SMILES string of the molecule is CNC(=O)C(Cc1ccc(O)cc1)NC(=O)CCN. The molecule has 0 aromatic heterocycles. The van der Waals surface area contributed by atoms with Gasteiger partial charge in [-0.2, -0.15) is 0 Å². The van der Waals surface area contributed by atoms with Crippen LogP contribution in [0.5, 0.6) is 5.75 Å². The second-order valence-electron chi connectivity index (χ2n) is 4.14. The highest BCUT2D eigenvalue weighted by molar-refractivity contribution is 5.87. The van der Waals surface area contributed by atoms with Gasteiger partial charge in [0.15, 0.2) is 0 Å². The van der Waals surface area contributed by atoms with Gasteiger partial charge in [0.05, 0.1) is 0 Å². The summed E-state index contributed by atoms with van der Waals surface area (Å²) in [6.07, 6.45) is 0.541. The molecule has 1 aromatic rings. The van der Waals surface area contributed by atoms with Crippen molar-refractivity contribution in [2.75, 3.05) is 13.6 Å². The maximum atomic E-state index is 11.7. The molecule has 0 heterocycles. The Morgan fingerprint density at radius 3 is 2.47 bits per heavy atom. The van der Waals surface area contributed by atoms with Crippen molar-refractivity contribution in [2.45, 2.75) is 18.9 Å². The Morgan fingerprint density at radius 1 is 1.32 bits per heavy atom. The minimum absolute atomic E-state index is 0.160. The summed E-state index contributed by atoms with van der Waals surface area (Å²) in [5.74, 6) is -0.360. The minimum Gasteiger partial charge on any atom is -0.508 e. The number of nitrogens with one attached hydrogen (secondary N) is 2. The van der Waals surface area contributed by atoms with E-state index in [4.69, 9.17) is 5.73 Å². The summed E-state index contributed by atoms with van der Waals surface area (Å²) in [5.41, 5.74) is 6.14. The number of hydrogen-bond acceptors (Lipinski definition) is 4. The van der Waals surface area contributed by atoms with Crippen LogP contribution < -0.4 is 16.4 Å². The molecule has 0 bridgehead atoms. The molecule has 0 aliphatic heterocycles. The Bertz CT molecular complexity index is 431. The fourth-order valence-corrected chi connectivity index (χ4v) is 1.65. The van der Waals surface area contributed by atoms with Crippen molar-refractivity contribution in [3.63, 3.8) is 0 Å². The van der Waals surface area contributed by atoms with Crippen LogP contribution in [-0.4, -0.2) is 36.6 Å². The third-order valence-electron chi connectivity index (χ3n) is 2.65. The van der Waals surface area contributed by atoms with E-state index >= 15 is 0 Å². The first-order chi connectivity index (χ1) is 9.06.